The van der Waals surface area contributed by atoms with Gasteiger partial charge in [0.2, 0.25) is 5.91 Å². The van der Waals surface area contributed by atoms with Crippen molar-refractivity contribution in [2.45, 2.75) is 12.6 Å². The van der Waals surface area contributed by atoms with Crippen LogP contribution in [0.2, 0.25) is 0 Å². The zero-order valence-corrected chi connectivity index (χ0v) is 13.3. The number of piperazine rings is 1. The lowest BCUT2D eigenvalue weighted by Gasteiger charge is -2.36. The van der Waals surface area contributed by atoms with Gasteiger partial charge >= 0.3 is 0 Å². The van der Waals surface area contributed by atoms with Crippen molar-refractivity contribution in [1.29, 1.82) is 0 Å². The van der Waals surface area contributed by atoms with Crippen LogP contribution in [0, 0.1) is 5.82 Å². The minimum absolute atomic E-state index is 0.0785. The maximum absolute atomic E-state index is 13.6. The summed E-state index contributed by atoms with van der Waals surface area (Å²) in [7, 11) is 3.52. The number of halogens is 2. The van der Waals surface area contributed by atoms with Gasteiger partial charge in [-0.1, -0.05) is 6.07 Å². The van der Waals surface area contributed by atoms with Gasteiger partial charge in [0.25, 0.3) is 0 Å². The molecule has 0 saturated carbocycles. The monoisotopic (exact) mass is 343 g/mol. The summed E-state index contributed by atoms with van der Waals surface area (Å²) in [6.45, 7) is 2.84. The SMILES string of the molecule is CN(C)C(=O)C1CNCCN1Cc1ccc(Br)c(F)c1. The van der Waals surface area contributed by atoms with E-state index in [1.807, 2.05) is 6.07 Å². The average molecular weight is 344 g/mol. The van der Waals surface area contributed by atoms with Gasteiger partial charge in [-0.15, -0.1) is 0 Å². The van der Waals surface area contributed by atoms with E-state index in [0.29, 0.717) is 17.6 Å². The van der Waals surface area contributed by atoms with Crippen LogP contribution in [-0.4, -0.2) is 55.5 Å². The summed E-state index contributed by atoms with van der Waals surface area (Å²) in [5.74, 6) is -0.192. The van der Waals surface area contributed by atoms with E-state index in [-0.39, 0.29) is 17.8 Å². The summed E-state index contributed by atoms with van der Waals surface area (Å²) in [5.41, 5.74) is 0.879. The number of amides is 1. The number of benzene rings is 1. The Morgan fingerprint density at radius 2 is 2.30 bits per heavy atom. The predicted molar refractivity (Wildman–Crippen MR) is 79.9 cm³/mol. The van der Waals surface area contributed by atoms with Gasteiger partial charge < -0.3 is 10.2 Å². The summed E-state index contributed by atoms with van der Waals surface area (Å²) in [4.78, 5) is 15.9. The highest BCUT2D eigenvalue weighted by atomic mass is 79.9. The summed E-state index contributed by atoms with van der Waals surface area (Å²) in [6.07, 6.45) is 0. The van der Waals surface area contributed by atoms with Gasteiger partial charge in [0, 0.05) is 40.3 Å². The van der Waals surface area contributed by atoms with Crippen LogP contribution < -0.4 is 5.32 Å². The van der Waals surface area contributed by atoms with Gasteiger partial charge in [0.15, 0.2) is 0 Å². The third kappa shape index (κ3) is 3.56. The van der Waals surface area contributed by atoms with Crippen LogP contribution in [0.15, 0.2) is 22.7 Å². The van der Waals surface area contributed by atoms with Crippen molar-refractivity contribution in [3.8, 4) is 0 Å². The average Bonchev–Trinajstić information content (AvgIpc) is 2.42. The number of hydrogen-bond donors (Lipinski definition) is 1. The molecule has 1 atom stereocenters. The molecule has 0 spiro atoms. The van der Waals surface area contributed by atoms with E-state index < -0.39 is 0 Å². The first-order valence-electron chi connectivity index (χ1n) is 6.59. The Hall–Kier alpha value is -0.980. The van der Waals surface area contributed by atoms with Crippen molar-refractivity contribution in [3.05, 3.63) is 34.1 Å². The van der Waals surface area contributed by atoms with Crippen LogP contribution in [0.4, 0.5) is 4.39 Å². The molecular formula is C14H19BrFN3O. The lowest BCUT2D eigenvalue weighted by Crippen LogP contribution is -2.57. The van der Waals surface area contributed by atoms with Gasteiger partial charge in [-0.2, -0.15) is 0 Å². The standard InChI is InChI=1S/C14H19BrFN3O/c1-18(2)14(20)13-8-17-5-6-19(13)9-10-3-4-11(15)12(16)7-10/h3-4,7,13,17H,5-6,8-9H2,1-2H3. The lowest BCUT2D eigenvalue weighted by molar-refractivity contribution is -0.135. The highest BCUT2D eigenvalue weighted by Gasteiger charge is 2.29. The van der Waals surface area contributed by atoms with Crippen LogP contribution in [-0.2, 0) is 11.3 Å². The number of nitrogens with zero attached hydrogens (tertiary/aromatic N) is 2. The Kier molecular flexibility index (Phi) is 5.12. The Labute approximate surface area is 127 Å². The topological polar surface area (TPSA) is 35.6 Å². The first-order chi connectivity index (χ1) is 9.49. The number of nitrogens with one attached hydrogen (secondary N) is 1. The molecule has 1 saturated heterocycles. The van der Waals surface area contributed by atoms with Crippen LogP contribution in [0.25, 0.3) is 0 Å². The Balaban J connectivity index is 2.12. The van der Waals surface area contributed by atoms with E-state index in [9.17, 15) is 9.18 Å². The minimum Gasteiger partial charge on any atom is -0.347 e. The molecule has 1 aliphatic rings. The van der Waals surface area contributed by atoms with Crippen molar-refractivity contribution >= 4 is 21.8 Å². The maximum Gasteiger partial charge on any atom is 0.240 e. The van der Waals surface area contributed by atoms with E-state index in [0.717, 1.165) is 18.7 Å². The smallest absolute Gasteiger partial charge is 0.240 e. The summed E-state index contributed by atoms with van der Waals surface area (Å²) < 4.78 is 14.0. The molecule has 0 aromatic heterocycles. The third-order valence-corrected chi connectivity index (χ3v) is 4.09. The summed E-state index contributed by atoms with van der Waals surface area (Å²) in [5, 5.41) is 3.24. The number of carbonyl (C=O) groups is 1. The maximum atomic E-state index is 13.6. The quantitative estimate of drug-likeness (QED) is 0.902. The number of hydrogen-bond acceptors (Lipinski definition) is 3. The van der Waals surface area contributed by atoms with E-state index in [1.54, 1.807) is 25.1 Å². The van der Waals surface area contributed by atoms with E-state index in [1.165, 1.54) is 6.07 Å². The fourth-order valence-corrected chi connectivity index (χ4v) is 2.60. The molecule has 1 amide bonds. The van der Waals surface area contributed by atoms with E-state index in [4.69, 9.17) is 0 Å². The highest BCUT2D eigenvalue weighted by molar-refractivity contribution is 9.10. The second kappa shape index (κ2) is 6.65. The molecule has 0 aliphatic carbocycles. The molecule has 6 heteroatoms. The molecule has 2 rings (SSSR count). The molecule has 1 aromatic rings. The second-order valence-corrected chi connectivity index (χ2v) is 6.03. The third-order valence-electron chi connectivity index (χ3n) is 3.45. The molecule has 20 heavy (non-hydrogen) atoms. The van der Waals surface area contributed by atoms with Crippen molar-refractivity contribution in [2.24, 2.45) is 0 Å². The van der Waals surface area contributed by atoms with Crippen LogP contribution in [0.1, 0.15) is 5.56 Å². The fourth-order valence-electron chi connectivity index (χ4n) is 2.35. The predicted octanol–water partition coefficient (Wildman–Crippen LogP) is 1.45. The zero-order valence-electron chi connectivity index (χ0n) is 11.7. The highest BCUT2D eigenvalue weighted by Crippen LogP contribution is 2.19. The van der Waals surface area contributed by atoms with Crippen molar-refractivity contribution in [3.63, 3.8) is 0 Å². The van der Waals surface area contributed by atoms with Gasteiger partial charge in [-0.25, -0.2) is 4.39 Å². The fraction of sp³-hybridized carbons (Fsp3) is 0.500. The first kappa shape index (κ1) is 15.4. The molecule has 1 aliphatic heterocycles. The van der Waals surface area contributed by atoms with E-state index >= 15 is 0 Å². The van der Waals surface area contributed by atoms with Crippen LogP contribution in [0.5, 0.6) is 0 Å². The van der Waals surface area contributed by atoms with E-state index in [2.05, 4.69) is 26.1 Å². The van der Waals surface area contributed by atoms with Crippen molar-refractivity contribution < 1.29 is 9.18 Å². The Morgan fingerprint density at radius 1 is 1.55 bits per heavy atom. The molecule has 4 nitrogen and oxygen atoms in total. The van der Waals surface area contributed by atoms with Gasteiger partial charge in [-0.3, -0.25) is 9.69 Å². The molecule has 1 aromatic carbocycles. The Morgan fingerprint density at radius 3 is 2.95 bits per heavy atom. The number of likely N-dealkylation sites (N-methyl/N-ethyl adjacent to an activating group) is 1. The summed E-state index contributed by atoms with van der Waals surface area (Å²) >= 11 is 3.15. The van der Waals surface area contributed by atoms with Crippen molar-refractivity contribution in [2.75, 3.05) is 33.7 Å². The first-order valence-corrected chi connectivity index (χ1v) is 7.38. The molecule has 110 valence electrons. The molecule has 1 fully saturated rings. The molecule has 1 heterocycles. The van der Waals surface area contributed by atoms with Gasteiger partial charge in [0.05, 0.1) is 4.47 Å². The molecular weight excluding hydrogens is 325 g/mol. The zero-order chi connectivity index (χ0) is 14.7. The van der Waals surface area contributed by atoms with Crippen molar-refractivity contribution in [1.82, 2.24) is 15.1 Å². The lowest BCUT2D eigenvalue weighted by atomic mass is 10.1. The van der Waals surface area contributed by atoms with Crippen LogP contribution in [0.3, 0.4) is 0 Å². The normalized spacial score (nSPS) is 19.9. The number of carbonyl (C=O) groups excluding carboxylic acids is 1. The summed E-state index contributed by atoms with van der Waals surface area (Å²) in [6, 6.07) is 4.91. The minimum atomic E-state index is -0.270. The molecule has 0 bridgehead atoms. The number of rotatable bonds is 3. The van der Waals surface area contributed by atoms with Gasteiger partial charge in [-0.05, 0) is 33.6 Å². The molecule has 1 N–H and O–H groups in total. The largest absolute Gasteiger partial charge is 0.347 e. The molecule has 0 radical (unpaired) electrons. The molecule has 1 unspecified atom stereocenters. The Bertz CT molecular complexity index is 495. The van der Waals surface area contributed by atoms with Crippen LogP contribution >= 0.6 is 15.9 Å². The van der Waals surface area contributed by atoms with Gasteiger partial charge in [0.1, 0.15) is 11.9 Å². The second-order valence-electron chi connectivity index (χ2n) is 5.17.